The van der Waals surface area contributed by atoms with E-state index < -0.39 is 0 Å². The molecule has 5 nitrogen and oxygen atoms in total. The molecule has 0 spiro atoms. The first kappa shape index (κ1) is 19.7. The Morgan fingerprint density at radius 1 is 0.867 bits per heavy atom. The van der Waals surface area contributed by atoms with Gasteiger partial charge in [-0.15, -0.1) is 0 Å². The highest BCUT2D eigenvalue weighted by atomic mass is 16.2. The van der Waals surface area contributed by atoms with Crippen LogP contribution in [0.5, 0.6) is 0 Å². The Hall–Kier alpha value is -3.60. The summed E-state index contributed by atoms with van der Waals surface area (Å²) in [6, 6.07) is 27.3. The summed E-state index contributed by atoms with van der Waals surface area (Å²) in [7, 11) is 0. The highest BCUT2D eigenvalue weighted by Gasteiger charge is 2.20. The average Bonchev–Trinajstić information content (AvgIpc) is 3.19. The maximum absolute atomic E-state index is 12.9. The quantitative estimate of drug-likeness (QED) is 0.607. The van der Waals surface area contributed by atoms with Gasteiger partial charge in [0.25, 0.3) is 5.91 Å². The number of para-hydroxylation sites is 1. The van der Waals surface area contributed by atoms with Crippen molar-refractivity contribution in [1.29, 1.82) is 0 Å². The summed E-state index contributed by atoms with van der Waals surface area (Å²) < 4.78 is 0. The number of anilines is 1. The molecule has 4 rings (SSSR count). The molecule has 0 unspecified atom stereocenters. The Morgan fingerprint density at radius 3 is 2.17 bits per heavy atom. The molecule has 1 aliphatic rings. The van der Waals surface area contributed by atoms with Gasteiger partial charge in [-0.25, -0.2) is 0 Å². The molecule has 1 fully saturated rings. The third-order valence-electron chi connectivity index (χ3n) is 5.25. The van der Waals surface area contributed by atoms with Crippen molar-refractivity contribution in [3.8, 4) is 0 Å². The van der Waals surface area contributed by atoms with Crippen LogP contribution < -0.4 is 10.4 Å². The number of likely N-dealkylation sites (tertiary alicyclic amines) is 1. The van der Waals surface area contributed by atoms with Gasteiger partial charge in [-0.05, 0) is 41.8 Å². The molecule has 2 amide bonds. The Bertz CT molecular complexity index is 988. The zero-order valence-corrected chi connectivity index (χ0v) is 16.8. The summed E-state index contributed by atoms with van der Waals surface area (Å²) in [6.45, 7) is 1.98. The van der Waals surface area contributed by atoms with Gasteiger partial charge in [0.05, 0.1) is 12.2 Å². The third-order valence-corrected chi connectivity index (χ3v) is 5.25. The lowest BCUT2D eigenvalue weighted by Crippen LogP contribution is -2.42. The number of hydrogen-bond acceptors (Lipinski definition) is 3. The summed E-state index contributed by atoms with van der Waals surface area (Å²) in [5.41, 5.74) is 6.66. The first-order chi connectivity index (χ1) is 14.7. The molecule has 0 atom stereocenters. The SMILES string of the molecule is O=C(NN(Cc1ccccc1)c1ccccc1)c1ccc(CN2CCCC2=O)cc1. The lowest BCUT2D eigenvalue weighted by molar-refractivity contribution is -0.128. The second-order valence-corrected chi connectivity index (χ2v) is 7.46. The summed E-state index contributed by atoms with van der Waals surface area (Å²) in [4.78, 5) is 26.6. The van der Waals surface area contributed by atoms with Gasteiger partial charge in [-0.1, -0.05) is 60.7 Å². The molecule has 1 aliphatic heterocycles. The largest absolute Gasteiger partial charge is 0.338 e. The van der Waals surface area contributed by atoms with E-state index in [1.807, 2.05) is 94.8 Å². The molecule has 0 aliphatic carbocycles. The van der Waals surface area contributed by atoms with Crippen LogP contribution in [0.25, 0.3) is 0 Å². The smallest absolute Gasteiger partial charge is 0.269 e. The summed E-state index contributed by atoms with van der Waals surface area (Å²) in [5, 5.41) is 1.86. The normalized spacial score (nSPS) is 13.3. The molecule has 1 heterocycles. The van der Waals surface area contributed by atoms with Gasteiger partial charge in [0.1, 0.15) is 0 Å². The first-order valence-corrected chi connectivity index (χ1v) is 10.2. The van der Waals surface area contributed by atoms with Gasteiger partial charge in [-0.2, -0.15) is 0 Å². The minimum atomic E-state index is -0.168. The van der Waals surface area contributed by atoms with Gasteiger partial charge < -0.3 is 4.90 Å². The first-order valence-electron chi connectivity index (χ1n) is 10.2. The summed E-state index contributed by atoms with van der Waals surface area (Å²) >= 11 is 0. The van der Waals surface area contributed by atoms with E-state index in [2.05, 4.69) is 5.43 Å². The molecule has 3 aromatic rings. The van der Waals surface area contributed by atoms with Crippen LogP contribution in [0.4, 0.5) is 5.69 Å². The monoisotopic (exact) mass is 399 g/mol. The van der Waals surface area contributed by atoms with Gasteiger partial charge in [0.2, 0.25) is 5.91 Å². The van der Waals surface area contributed by atoms with E-state index in [1.165, 1.54) is 0 Å². The zero-order valence-electron chi connectivity index (χ0n) is 16.8. The van der Waals surface area contributed by atoms with Crippen molar-refractivity contribution in [1.82, 2.24) is 10.3 Å². The Balaban J connectivity index is 1.46. The Morgan fingerprint density at radius 2 is 1.53 bits per heavy atom. The molecule has 30 heavy (non-hydrogen) atoms. The number of carbonyl (C=O) groups excluding carboxylic acids is 2. The van der Waals surface area contributed by atoms with E-state index in [-0.39, 0.29) is 11.8 Å². The fraction of sp³-hybridized carbons (Fsp3) is 0.200. The molecule has 0 aromatic heterocycles. The van der Waals surface area contributed by atoms with Crippen LogP contribution in [0.15, 0.2) is 84.9 Å². The highest BCUT2D eigenvalue weighted by Crippen LogP contribution is 2.17. The molecule has 0 bridgehead atoms. The van der Waals surface area contributed by atoms with E-state index >= 15 is 0 Å². The lowest BCUT2D eigenvalue weighted by atomic mass is 10.1. The van der Waals surface area contributed by atoms with Gasteiger partial charge in [-0.3, -0.25) is 20.0 Å². The molecule has 3 aromatic carbocycles. The fourth-order valence-electron chi connectivity index (χ4n) is 3.61. The van der Waals surface area contributed by atoms with E-state index in [0.717, 1.165) is 29.8 Å². The maximum Gasteiger partial charge on any atom is 0.269 e. The van der Waals surface area contributed by atoms with Crippen molar-refractivity contribution < 1.29 is 9.59 Å². The van der Waals surface area contributed by atoms with Gasteiger partial charge in [0.15, 0.2) is 0 Å². The van der Waals surface area contributed by atoms with E-state index in [1.54, 1.807) is 0 Å². The average molecular weight is 399 g/mol. The van der Waals surface area contributed by atoms with Crippen LogP contribution in [0, 0.1) is 0 Å². The number of hydrogen-bond donors (Lipinski definition) is 1. The predicted octanol–water partition coefficient (Wildman–Crippen LogP) is 4.16. The number of hydrazine groups is 1. The number of carbonyl (C=O) groups is 2. The third kappa shape index (κ3) is 4.87. The van der Waals surface area contributed by atoms with Crippen LogP contribution in [-0.2, 0) is 17.9 Å². The number of nitrogens with one attached hydrogen (secondary N) is 1. The van der Waals surface area contributed by atoms with Crippen LogP contribution in [0.3, 0.4) is 0 Å². The van der Waals surface area contributed by atoms with Crippen LogP contribution in [0.1, 0.15) is 34.3 Å². The van der Waals surface area contributed by atoms with Crippen LogP contribution in [0.2, 0.25) is 0 Å². The topological polar surface area (TPSA) is 52.7 Å². The summed E-state index contributed by atoms with van der Waals surface area (Å²) in [6.07, 6.45) is 1.56. The Labute approximate surface area is 176 Å². The molecule has 0 saturated carbocycles. The molecule has 5 heteroatoms. The standard InChI is InChI=1S/C25H25N3O2/c29-24-12-7-17-27(24)18-21-13-15-22(16-14-21)25(30)26-28(23-10-5-2-6-11-23)19-20-8-3-1-4-9-20/h1-6,8-11,13-16H,7,12,17-19H2,(H,26,30). The molecular weight excluding hydrogens is 374 g/mol. The maximum atomic E-state index is 12.9. The van der Waals surface area contributed by atoms with E-state index in [9.17, 15) is 9.59 Å². The zero-order chi connectivity index (χ0) is 20.8. The van der Waals surface area contributed by atoms with Gasteiger partial charge in [0, 0.05) is 25.1 Å². The number of rotatable bonds is 7. The molecule has 1 saturated heterocycles. The lowest BCUT2D eigenvalue weighted by Gasteiger charge is -2.25. The molecule has 1 N–H and O–H groups in total. The summed E-state index contributed by atoms with van der Waals surface area (Å²) in [5.74, 6) is 0.0369. The fourth-order valence-corrected chi connectivity index (χ4v) is 3.61. The minimum Gasteiger partial charge on any atom is -0.338 e. The minimum absolute atomic E-state index is 0.168. The molecule has 152 valence electrons. The Kier molecular flexibility index (Phi) is 6.09. The molecule has 0 radical (unpaired) electrons. The van der Waals surface area contributed by atoms with Crippen molar-refractivity contribution in [3.63, 3.8) is 0 Å². The van der Waals surface area contributed by atoms with Crippen molar-refractivity contribution in [2.75, 3.05) is 11.6 Å². The van der Waals surface area contributed by atoms with E-state index in [4.69, 9.17) is 0 Å². The van der Waals surface area contributed by atoms with Crippen molar-refractivity contribution in [3.05, 3.63) is 102 Å². The van der Waals surface area contributed by atoms with Crippen LogP contribution >= 0.6 is 0 Å². The van der Waals surface area contributed by atoms with Crippen molar-refractivity contribution in [2.45, 2.75) is 25.9 Å². The number of nitrogens with zero attached hydrogens (tertiary/aromatic N) is 2. The highest BCUT2D eigenvalue weighted by molar-refractivity contribution is 5.95. The van der Waals surface area contributed by atoms with Crippen LogP contribution in [-0.4, -0.2) is 23.3 Å². The van der Waals surface area contributed by atoms with Crippen molar-refractivity contribution in [2.24, 2.45) is 0 Å². The second-order valence-electron chi connectivity index (χ2n) is 7.46. The number of benzene rings is 3. The molecular formula is C25H25N3O2. The van der Waals surface area contributed by atoms with Crippen molar-refractivity contribution >= 4 is 17.5 Å². The number of amides is 2. The van der Waals surface area contributed by atoms with Gasteiger partial charge >= 0.3 is 0 Å². The second kappa shape index (κ2) is 9.27. The van der Waals surface area contributed by atoms with E-state index in [0.29, 0.717) is 25.1 Å². The predicted molar refractivity (Wildman–Crippen MR) is 118 cm³/mol.